The van der Waals surface area contributed by atoms with Gasteiger partial charge in [-0.2, -0.15) is 4.85 Å². The Morgan fingerprint density at radius 3 is 2.47 bits per heavy atom. The van der Waals surface area contributed by atoms with Gasteiger partial charge in [0.1, 0.15) is 5.75 Å². The van der Waals surface area contributed by atoms with Crippen LogP contribution in [0.25, 0.3) is 4.85 Å². The maximum atomic E-state index is 11.2. The van der Waals surface area contributed by atoms with Crippen molar-refractivity contribution in [2.75, 3.05) is 0 Å². The fraction of sp³-hybridized carbons (Fsp3) is 0. The number of esters is 1. The summed E-state index contributed by atoms with van der Waals surface area (Å²) >= 11 is 0. The van der Waals surface area contributed by atoms with E-state index in [2.05, 4.69) is 9.58 Å². The van der Waals surface area contributed by atoms with Crippen molar-refractivity contribution in [2.24, 2.45) is 5.73 Å². The van der Waals surface area contributed by atoms with Crippen LogP contribution in [0.5, 0.6) is 5.75 Å². The van der Waals surface area contributed by atoms with Gasteiger partial charge < -0.3 is 9.84 Å². The molecule has 0 unspecified atom stereocenters. The molecule has 0 radical (unpaired) electrons. The molecule has 0 aliphatic heterocycles. The second-order valence-corrected chi connectivity index (χ2v) is 2.40. The topological polar surface area (TPSA) is 76.9 Å². The van der Waals surface area contributed by atoms with E-state index < -0.39 is 12.3 Å². The number of aromatic hydroxyl groups is 1. The van der Waals surface area contributed by atoms with E-state index in [1.54, 1.807) is 0 Å². The fourth-order valence-electron chi connectivity index (χ4n) is 0.778. The van der Waals surface area contributed by atoms with Crippen LogP contribution < -0.4 is 5.73 Å². The van der Waals surface area contributed by atoms with Crippen molar-refractivity contribution in [1.82, 2.24) is 0 Å². The summed E-state index contributed by atoms with van der Waals surface area (Å²) in [6.07, 6.45) is -0.414. The van der Waals surface area contributed by atoms with E-state index in [-0.39, 0.29) is 30.8 Å². The molecule has 1 aromatic rings. The van der Waals surface area contributed by atoms with Crippen LogP contribution in [0, 0.1) is 12.9 Å². The molecular formula is C9H8N2O3Zn. The van der Waals surface area contributed by atoms with E-state index in [4.69, 9.17) is 17.4 Å². The standard InChI is InChI=1S/C9H8N2O3.Zn/c1-11-9(10)14-8(13)6-2-4-7(12)5-3-6;/h1-5,12H,10H2;. The van der Waals surface area contributed by atoms with Gasteiger partial charge >= 0.3 is 12.3 Å². The predicted molar refractivity (Wildman–Crippen MR) is 49.3 cm³/mol. The number of carbonyl (C=O) groups is 1. The Kier molecular flexibility index (Phi) is 5.39. The molecule has 0 saturated carbocycles. The molecule has 0 aliphatic carbocycles. The van der Waals surface area contributed by atoms with Gasteiger partial charge in [-0.15, -0.1) is 0 Å². The number of carbonyl (C=O) groups excluding carboxylic acids is 1. The molecule has 6 heteroatoms. The number of phenols is 1. The Hall–Kier alpha value is -1.57. The minimum Gasteiger partial charge on any atom is -0.508 e. The third-order valence-electron chi connectivity index (χ3n) is 1.43. The first-order chi connectivity index (χ1) is 6.63. The third-order valence-corrected chi connectivity index (χ3v) is 1.43. The summed E-state index contributed by atoms with van der Waals surface area (Å²) < 4.78 is 4.51. The Bertz CT molecular complexity index is 372. The Balaban J connectivity index is 0.00000196. The largest absolute Gasteiger partial charge is 0.508 e. The summed E-state index contributed by atoms with van der Waals surface area (Å²) in [6.45, 7) is 4.77. The van der Waals surface area contributed by atoms with Crippen molar-refractivity contribution in [3.8, 4) is 12.3 Å². The maximum absolute atomic E-state index is 11.2. The van der Waals surface area contributed by atoms with Crippen molar-refractivity contribution in [2.45, 2.75) is 0 Å². The number of nitrogens with two attached hydrogens (primary N) is 1. The van der Waals surface area contributed by atoms with Crippen molar-refractivity contribution in [3.05, 3.63) is 41.0 Å². The number of phenolic OH excluding ortho intramolecular Hbond substituents is 1. The van der Waals surface area contributed by atoms with Crippen LogP contribution in [-0.2, 0) is 24.2 Å². The van der Waals surface area contributed by atoms with Gasteiger partial charge in [0.25, 0.3) is 0 Å². The van der Waals surface area contributed by atoms with Gasteiger partial charge in [0.2, 0.25) is 0 Å². The first-order valence-electron chi connectivity index (χ1n) is 3.68. The van der Waals surface area contributed by atoms with Gasteiger partial charge in [0, 0.05) is 26.1 Å². The fourth-order valence-corrected chi connectivity index (χ4v) is 0.778. The first-order valence-corrected chi connectivity index (χ1v) is 3.68. The zero-order chi connectivity index (χ0) is 10.6. The van der Waals surface area contributed by atoms with Gasteiger partial charge in [-0.05, 0) is 24.3 Å². The second-order valence-electron chi connectivity index (χ2n) is 2.40. The average molecular weight is 258 g/mol. The van der Waals surface area contributed by atoms with Crippen molar-refractivity contribution in [3.63, 3.8) is 0 Å². The van der Waals surface area contributed by atoms with Crippen molar-refractivity contribution in [1.29, 1.82) is 0 Å². The van der Waals surface area contributed by atoms with Gasteiger partial charge in [-0.1, -0.05) is 0 Å². The van der Waals surface area contributed by atoms with Crippen LogP contribution >= 0.6 is 0 Å². The number of nitrogens with zero attached hydrogens (tertiary/aromatic N) is 1. The monoisotopic (exact) mass is 256 g/mol. The summed E-state index contributed by atoms with van der Waals surface area (Å²) in [5.74, 6) is -0.626. The van der Waals surface area contributed by atoms with Gasteiger partial charge in [-0.25, -0.2) is 4.79 Å². The summed E-state index contributed by atoms with van der Waals surface area (Å²) in [5.41, 5.74) is 5.32. The number of rotatable bonds is 2. The van der Waals surface area contributed by atoms with Crippen LogP contribution in [0.1, 0.15) is 10.4 Å². The zero-order valence-electron chi connectivity index (χ0n) is 7.88. The Morgan fingerprint density at radius 1 is 1.47 bits per heavy atom. The molecule has 0 aliphatic rings. The minimum atomic E-state index is -0.684. The second kappa shape index (κ2) is 6.02. The molecule has 0 amide bonds. The summed E-state index contributed by atoms with van der Waals surface area (Å²) in [5, 5.41) is 8.95. The number of hydrogen-bond acceptors (Lipinski definition) is 4. The van der Waals surface area contributed by atoms with Crippen LogP contribution in [-0.4, -0.2) is 11.1 Å². The summed E-state index contributed by atoms with van der Waals surface area (Å²) in [6, 6.07) is 5.49. The van der Waals surface area contributed by atoms with Crippen LogP contribution in [0.2, 0.25) is 0 Å². The molecular weight excluding hydrogens is 249 g/mol. The van der Waals surface area contributed by atoms with Gasteiger partial charge in [0.05, 0.1) is 5.56 Å². The minimum absolute atomic E-state index is 0. The van der Waals surface area contributed by atoms with Gasteiger partial charge in [-0.3, -0.25) is 5.73 Å². The normalized spacial score (nSPS) is 8.27. The van der Waals surface area contributed by atoms with E-state index in [0.717, 1.165) is 0 Å². The quantitative estimate of drug-likeness (QED) is 0.469. The molecule has 1 rings (SSSR count). The molecule has 0 heterocycles. The smallest absolute Gasteiger partial charge is 0.401 e. The van der Waals surface area contributed by atoms with Gasteiger partial charge in [0.15, 0.2) is 0 Å². The molecule has 5 nitrogen and oxygen atoms in total. The Morgan fingerprint density at radius 2 is 2.00 bits per heavy atom. The summed E-state index contributed by atoms with van der Waals surface area (Å²) in [7, 11) is 0. The molecule has 0 spiro atoms. The molecule has 0 saturated heterocycles. The third kappa shape index (κ3) is 3.98. The molecule has 1 aromatic carbocycles. The molecule has 0 atom stereocenters. The first kappa shape index (κ1) is 13.4. The average Bonchev–Trinajstić information content (AvgIpc) is 2.18. The molecule has 0 aromatic heterocycles. The number of benzene rings is 1. The van der Waals surface area contributed by atoms with E-state index in [1.165, 1.54) is 24.3 Å². The molecule has 0 bridgehead atoms. The number of ether oxygens (including phenoxy) is 1. The molecule has 0 fully saturated rings. The molecule has 15 heavy (non-hydrogen) atoms. The van der Waals surface area contributed by atoms with Crippen molar-refractivity contribution < 1.29 is 34.1 Å². The van der Waals surface area contributed by atoms with Crippen molar-refractivity contribution >= 4 is 5.97 Å². The van der Waals surface area contributed by atoms with E-state index in [9.17, 15) is 4.79 Å². The van der Waals surface area contributed by atoms with E-state index in [1.807, 2.05) is 0 Å². The Labute approximate surface area is 99.4 Å². The van der Waals surface area contributed by atoms with E-state index in [0.29, 0.717) is 0 Å². The van der Waals surface area contributed by atoms with E-state index >= 15 is 0 Å². The van der Waals surface area contributed by atoms with Crippen LogP contribution in [0.15, 0.2) is 24.3 Å². The summed E-state index contributed by atoms with van der Waals surface area (Å²) in [4.78, 5) is 14.2. The maximum Gasteiger partial charge on any atom is 0.401 e. The van der Waals surface area contributed by atoms with Crippen LogP contribution in [0.3, 0.4) is 0 Å². The van der Waals surface area contributed by atoms with Crippen LogP contribution in [0.4, 0.5) is 0 Å². The SMILES string of the molecule is C#[N+][C-](N)OC(=O)c1ccc(O)cc1.[Zn]. The molecule has 3 N–H and O–H groups in total. The number of hydrogen-bond donors (Lipinski definition) is 2. The predicted octanol–water partition coefficient (Wildman–Crippen LogP) is 0.915. The molecule has 74 valence electrons. The zero-order valence-corrected chi connectivity index (χ0v) is 10.8.